The number of rotatable bonds is 13. The van der Waals surface area contributed by atoms with Gasteiger partial charge in [-0.15, -0.1) is 11.8 Å². The van der Waals surface area contributed by atoms with E-state index in [2.05, 4.69) is 10.3 Å². The van der Waals surface area contributed by atoms with Gasteiger partial charge in [-0.25, -0.2) is 8.78 Å². The Kier molecular flexibility index (Phi) is 10.1. The standard InChI is InChI=1S/C22H31F2N2O3PS/c1-22(2,18-8-3-4-9-19(18)23)10-5-6-13-31-21-16-26-17(14-20(21)24)15-25-11-7-12-30(27,28)29/h3-4,8-9,14,16,25H,5-7,10-13,15H2,1-2H3,(H2,27,28,29). The summed E-state index contributed by atoms with van der Waals surface area (Å²) in [7, 11) is -3.97. The second-order valence-electron chi connectivity index (χ2n) is 8.19. The average molecular weight is 473 g/mol. The Bertz CT molecular complexity index is 893. The first-order chi connectivity index (χ1) is 14.6. The minimum atomic E-state index is -3.97. The minimum absolute atomic E-state index is 0.172. The maximum Gasteiger partial charge on any atom is 0.325 e. The molecule has 2 aromatic rings. The molecule has 0 bridgehead atoms. The molecule has 9 heteroatoms. The molecule has 1 aromatic heterocycles. The minimum Gasteiger partial charge on any atom is -0.324 e. The van der Waals surface area contributed by atoms with Gasteiger partial charge in [-0.1, -0.05) is 38.5 Å². The van der Waals surface area contributed by atoms with Gasteiger partial charge in [-0.05, 0) is 54.7 Å². The summed E-state index contributed by atoms with van der Waals surface area (Å²) < 4.78 is 39.1. The summed E-state index contributed by atoms with van der Waals surface area (Å²) in [4.78, 5) is 22.4. The van der Waals surface area contributed by atoms with Gasteiger partial charge in [0.15, 0.2) is 0 Å². The summed E-state index contributed by atoms with van der Waals surface area (Å²) in [6, 6.07) is 8.26. The Morgan fingerprint density at radius 2 is 1.87 bits per heavy atom. The normalized spacial score (nSPS) is 12.3. The maximum absolute atomic E-state index is 14.3. The van der Waals surface area contributed by atoms with E-state index >= 15 is 0 Å². The van der Waals surface area contributed by atoms with Crippen molar-refractivity contribution in [1.29, 1.82) is 0 Å². The van der Waals surface area contributed by atoms with Crippen molar-refractivity contribution in [3.05, 3.63) is 59.4 Å². The Hall–Kier alpha value is -1.31. The molecule has 0 unspecified atom stereocenters. The van der Waals surface area contributed by atoms with Crippen LogP contribution >= 0.6 is 19.4 Å². The number of nitrogens with one attached hydrogen (secondary N) is 1. The van der Waals surface area contributed by atoms with Crippen LogP contribution in [0, 0.1) is 11.6 Å². The number of hydrogen-bond acceptors (Lipinski definition) is 4. The van der Waals surface area contributed by atoms with Crippen molar-refractivity contribution in [2.24, 2.45) is 0 Å². The highest BCUT2D eigenvalue weighted by Crippen LogP contribution is 2.34. The highest BCUT2D eigenvalue weighted by Gasteiger charge is 2.23. The number of pyridine rings is 1. The van der Waals surface area contributed by atoms with Gasteiger partial charge in [0.25, 0.3) is 0 Å². The van der Waals surface area contributed by atoms with Crippen molar-refractivity contribution in [3.63, 3.8) is 0 Å². The van der Waals surface area contributed by atoms with Crippen LogP contribution in [-0.4, -0.2) is 33.2 Å². The lowest BCUT2D eigenvalue weighted by Gasteiger charge is -2.25. The predicted molar refractivity (Wildman–Crippen MR) is 121 cm³/mol. The SMILES string of the molecule is CC(C)(CCCCSc1cnc(CNCCCP(=O)(O)O)cc1F)c1ccccc1F. The quantitative estimate of drug-likeness (QED) is 0.210. The number of aromatic nitrogens is 1. The molecule has 0 aliphatic heterocycles. The molecule has 2 rings (SSSR count). The van der Waals surface area contributed by atoms with Crippen LogP contribution < -0.4 is 5.32 Å². The molecular weight excluding hydrogens is 441 g/mol. The van der Waals surface area contributed by atoms with Gasteiger partial charge < -0.3 is 15.1 Å². The Balaban J connectivity index is 1.70. The molecule has 5 nitrogen and oxygen atoms in total. The smallest absolute Gasteiger partial charge is 0.324 e. The maximum atomic E-state index is 14.3. The van der Waals surface area contributed by atoms with Crippen molar-refractivity contribution in [2.45, 2.75) is 56.4 Å². The molecule has 0 amide bonds. The number of nitrogens with zero attached hydrogens (tertiary/aromatic N) is 1. The zero-order valence-corrected chi connectivity index (χ0v) is 19.7. The second kappa shape index (κ2) is 12.1. The molecule has 0 aliphatic rings. The zero-order valence-electron chi connectivity index (χ0n) is 18.0. The second-order valence-corrected chi connectivity index (χ2v) is 11.1. The fourth-order valence-corrected chi connectivity index (χ4v) is 4.75. The van der Waals surface area contributed by atoms with Crippen LogP contribution in [0.1, 0.15) is 50.8 Å². The Morgan fingerprint density at radius 1 is 1.13 bits per heavy atom. The first kappa shape index (κ1) is 25.9. The molecule has 0 radical (unpaired) electrons. The van der Waals surface area contributed by atoms with Crippen molar-refractivity contribution >= 4 is 19.4 Å². The molecule has 0 atom stereocenters. The van der Waals surface area contributed by atoms with Gasteiger partial charge >= 0.3 is 7.60 Å². The Morgan fingerprint density at radius 3 is 2.55 bits per heavy atom. The highest BCUT2D eigenvalue weighted by atomic mass is 32.2. The summed E-state index contributed by atoms with van der Waals surface area (Å²) in [6.07, 6.45) is 4.35. The van der Waals surface area contributed by atoms with Crippen molar-refractivity contribution in [2.75, 3.05) is 18.5 Å². The van der Waals surface area contributed by atoms with Crippen molar-refractivity contribution in [3.8, 4) is 0 Å². The van der Waals surface area contributed by atoms with Gasteiger partial charge in [0.2, 0.25) is 0 Å². The van der Waals surface area contributed by atoms with E-state index in [9.17, 15) is 13.3 Å². The molecule has 0 aliphatic carbocycles. The lowest BCUT2D eigenvalue weighted by molar-refractivity contribution is 0.371. The van der Waals surface area contributed by atoms with E-state index in [1.807, 2.05) is 26.0 Å². The van der Waals surface area contributed by atoms with Gasteiger partial charge in [-0.3, -0.25) is 9.55 Å². The predicted octanol–water partition coefficient (Wildman–Crippen LogP) is 5.26. The number of halogens is 2. The molecule has 31 heavy (non-hydrogen) atoms. The van der Waals surface area contributed by atoms with Crippen LogP contribution in [0.2, 0.25) is 0 Å². The number of hydrogen-bond donors (Lipinski definition) is 3. The highest BCUT2D eigenvalue weighted by molar-refractivity contribution is 7.99. The summed E-state index contributed by atoms with van der Waals surface area (Å²) in [5.41, 5.74) is 1.02. The fraction of sp³-hybridized carbons (Fsp3) is 0.500. The van der Waals surface area contributed by atoms with Crippen LogP contribution in [0.5, 0.6) is 0 Å². The van der Waals surface area contributed by atoms with E-state index in [4.69, 9.17) is 9.79 Å². The van der Waals surface area contributed by atoms with Crippen LogP contribution in [-0.2, 0) is 16.5 Å². The largest absolute Gasteiger partial charge is 0.325 e. The number of unbranched alkanes of at least 4 members (excludes halogenated alkanes) is 1. The summed E-state index contributed by atoms with van der Waals surface area (Å²) in [5.74, 6) is 0.261. The number of benzene rings is 1. The van der Waals surface area contributed by atoms with E-state index in [1.54, 1.807) is 6.07 Å². The molecule has 0 fully saturated rings. The third-order valence-corrected chi connectivity index (χ3v) is 7.05. The first-order valence-electron chi connectivity index (χ1n) is 10.4. The lowest BCUT2D eigenvalue weighted by atomic mass is 9.80. The van der Waals surface area contributed by atoms with Gasteiger partial charge in [-0.2, -0.15) is 0 Å². The van der Waals surface area contributed by atoms with Gasteiger partial charge in [0.1, 0.15) is 11.6 Å². The molecule has 172 valence electrons. The van der Waals surface area contributed by atoms with E-state index in [-0.39, 0.29) is 23.2 Å². The summed E-state index contributed by atoms with van der Waals surface area (Å²) in [5, 5.41) is 3.01. The zero-order chi connectivity index (χ0) is 22.9. The van der Waals surface area contributed by atoms with E-state index in [0.717, 1.165) is 30.6 Å². The lowest BCUT2D eigenvalue weighted by Crippen LogP contribution is -2.18. The average Bonchev–Trinajstić information content (AvgIpc) is 2.68. The molecule has 0 saturated carbocycles. The van der Waals surface area contributed by atoms with E-state index < -0.39 is 7.60 Å². The topological polar surface area (TPSA) is 82.5 Å². The third-order valence-electron chi connectivity index (χ3n) is 5.04. The third kappa shape index (κ3) is 9.38. The van der Waals surface area contributed by atoms with Crippen LogP contribution in [0.3, 0.4) is 0 Å². The molecule has 3 N–H and O–H groups in total. The molecule has 0 spiro atoms. The van der Waals surface area contributed by atoms with Crippen LogP contribution in [0.4, 0.5) is 8.78 Å². The van der Waals surface area contributed by atoms with Gasteiger partial charge in [0.05, 0.1) is 16.8 Å². The van der Waals surface area contributed by atoms with Crippen molar-refractivity contribution in [1.82, 2.24) is 10.3 Å². The molecule has 1 heterocycles. The number of thioether (sulfide) groups is 1. The first-order valence-corrected chi connectivity index (χ1v) is 13.1. The van der Waals surface area contributed by atoms with Crippen molar-refractivity contribution < 1.29 is 23.1 Å². The molecule has 0 saturated heterocycles. The monoisotopic (exact) mass is 472 g/mol. The summed E-state index contributed by atoms with van der Waals surface area (Å²) in [6.45, 7) is 4.85. The summed E-state index contributed by atoms with van der Waals surface area (Å²) >= 11 is 1.42. The fourth-order valence-electron chi connectivity index (χ4n) is 3.28. The molecular formula is C22H31F2N2O3PS. The van der Waals surface area contributed by atoms with Crippen LogP contribution in [0.25, 0.3) is 0 Å². The van der Waals surface area contributed by atoms with Crippen LogP contribution in [0.15, 0.2) is 41.4 Å². The van der Waals surface area contributed by atoms with E-state index in [0.29, 0.717) is 30.1 Å². The molecule has 1 aromatic carbocycles. The Labute approximate surface area is 187 Å². The van der Waals surface area contributed by atoms with Gasteiger partial charge in [0, 0.05) is 12.7 Å². The van der Waals surface area contributed by atoms with E-state index in [1.165, 1.54) is 30.1 Å².